The first-order valence-corrected chi connectivity index (χ1v) is 15.0. The monoisotopic (exact) mass is 620 g/mol. The first-order chi connectivity index (χ1) is 21.9. The van der Waals surface area contributed by atoms with E-state index in [4.69, 9.17) is 19.3 Å². The maximum atomic E-state index is 13.5. The molecular formula is C33H40N4O8. The van der Waals surface area contributed by atoms with Crippen LogP contribution in [-0.2, 0) is 41.6 Å². The molecule has 0 radical (unpaired) electrons. The molecular weight excluding hydrogens is 580 g/mol. The van der Waals surface area contributed by atoms with Gasteiger partial charge in [0.15, 0.2) is 0 Å². The van der Waals surface area contributed by atoms with Crippen LogP contribution in [-0.4, -0.2) is 79.0 Å². The number of rotatable bonds is 12. The van der Waals surface area contributed by atoms with Gasteiger partial charge in [0.25, 0.3) is 0 Å². The molecule has 0 saturated heterocycles. The molecule has 12 nitrogen and oxygen atoms in total. The Labute approximate surface area is 261 Å². The van der Waals surface area contributed by atoms with Gasteiger partial charge in [-0.05, 0) is 36.5 Å². The van der Waals surface area contributed by atoms with E-state index in [2.05, 4.69) is 20.9 Å². The van der Waals surface area contributed by atoms with Crippen LogP contribution < -0.4 is 16.0 Å². The lowest BCUT2D eigenvalue weighted by molar-refractivity contribution is -0.147. The van der Waals surface area contributed by atoms with Crippen molar-refractivity contribution in [2.75, 3.05) is 33.0 Å². The molecule has 0 bridgehead atoms. The summed E-state index contributed by atoms with van der Waals surface area (Å²) >= 11 is 0. The van der Waals surface area contributed by atoms with E-state index >= 15 is 0 Å². The fourth-order valence-corrected chi connectivity index (χ4v) is 4.94. The molecule has 0 aliphatic carbocycles. The second-order valence-corrected chi connectivity index (χ2v) is 10.7. The number of nitrogens with one attached hydrogen (secondary N) is 4. The molecule has 45 heavy (non-hydrogen) atoms. The summed E-state index contributed by atoms with van der Waals surface area (Å²) in [6.45, 7) is 0.448. The Bertz CT molecular complexity index is 1440. The van der Waals surface area contributed by atoms with Gasteiger partial charge in [-0.25, -0.2) is 9.59 Å². The number of hydrogen-bond acceptors (Lipinski definition) is 8. The summed E-state index contributed by atoms with van der Waals surface area (Å²) in [6, 6.07) is 15.3. The zero-order chi connectivity index (χ0) is 31.9. The number of carbonyl (C=O) groups is 4. The molecule has 1 aliphatic rings. The number of esters is 1. The Balaban J connectivity index is 1.46. The minimum atomic E-state index is -1.02. The Morgan fingerprint density at radius 2 is 1.78 bits per heavy atom. The van der Waals surface area contributed by atoms with Crippen LogP contribution in [0.2, 0.25) is 0 Å². The summed E-state index contributed by atoms with van der Waals surface area (Å²) in [6.07, 6.45) is 5.12. The predicted octanol–water partition coefficient (Wildman–Crippen LogP) is 2.51. The van der Waals surface area contributed by atoms with E-state index in [1.54, 1.807) is 12.2 Å². The zero-order valence-electron chi connectivity index (χ0n) is 25.0. The number of cyclic esters (lactones) is 1. The number of aliphatic hydroxyl groups excluding tert-OH is 1. The van der Waals surface area contributed by atoms with Crippen molar-refractivity contribution < 1.29 is 38.5 Å². The maximum absolute atomic E-state index is 13.5. The number of carbonyl (C=O) groups excluding carboxylic acids is 4. The van der Waals surface area contributed by atoms with E-state index < -0.39 is 30.1 Å². The highest BCUT2D eigenvalue weighted by atomic mass is 16.6. The fraction of sp³-hybridized carbons (Fsp3) is 0.394. The Hall–Kier alpha value is -4.68. The van der Waals surface area contributed by atoms with E-state index in [1.807, 2.05) is 60.8 Å². The molecule has 3 atom stereocenters. The molecule has 1 aliphatic heterocycles. The predicted molar refractivity (Wildman–Crippen MR) is 166 cm³/mol. The summed E-state index contributed by atoms with van der Waals surface area (Å²) in [5.41, 5.74) is 2.66. The van der Waals surface area contributed by atoms with Crippen LogP contribution in [0.3, 0.4) is 0 Å². The van der Waals surface area contributed by atoms with Crippen molar-refractivity contribution in [3.05, 3.63) is 84.1 Å². The van der Waals surface area contributed by atoms with Crippen molar-refractivity contribution in [2.45, 2.75) is 44.4 Å². The van der Waals surface area contributed by atoms with E-state index in [-0.39, 0.29) is 70.7 Å². The number of alkyl carbamates (subject to hydrolysis) is 1. The molecule has 0 spiro atoms. The molecule has 1 aromatic heterocycles. The maximum Gasteiger partial charge on any atom is 0.408 e. The van der Waals surface area contributed by atoms with Crippen molar-refractivity contribution in [2.24, 2.45) is 5.92 Å². The summed E-state index contributed by atoms with van der Waals surface area (Å²) < 4.78 is 16.1. The van der Waals surface area contributed by atoms with E-state index in [0.717, 1.165) is 22.0 Å². The number of aromatic nitrogens is 1. The minimum Gasteiger partial charge on any atom is -0.462 e. The van der Waals surface area contributed by atoms with Gasteiger partial charge in [0.2, 0.25) is 11.8 Å². The van der Waals surface area contributed by atoms with E-state index in [0.29, 0.717) is 6.42 Å². The highest BCUT2D eigenvalue weighted by molar-refractivity contribution is 5.87. The normalized spacial score (nSPS) is 19.1. The number of benzene rings is 2. The minimum absolute atomic E-state index is 0.0420. The zero-order valence-corrected chi connectivity index (χ0v) is 25.0. The second kappa shape index (κ2) is 17.6. The third kappa shape index (κ3) is 10.8. The lowest BCUT2D eigenvalue weighted by Crippen LogP contribution is -2.47. The number of amides is 3. The summed E-state index contributed by atoms with van der Waals surface area (Å²) in [7, 11) is 0. The van der Waals surface area contributed by atoms with Gasteiger partial charge >= 0.3 is 12.1 Å². The highest BCUT2D eigenvalue weighted by Gasteiger charge is 2.28. The quantitative estimate of drug-likeness (QED) is 0.117. The van der Waals surface area contributed by atoms with Crippen LogP contribution in [0.5, 0.6) is 0 Å². The molecule has 2 aromatic carbocycles. The van der Waals surface area contributed by atoms with E-state index in [9.17, 15) is 19.2 Å². The topological polar surface area (TPSA) is 168 Å². The van der Waals surface area contributed by atoms with Gasteiger partial charge in [0.1, 0.15) is 19.3 Å². The lowest BCUT2D eigenvalue weighted by atomic mass is 9.97. The van der Waals surface area contributed by atoms with Crippen LogP contribution in [0.4, 0.5) is 4.79 Å². The molecule has 240 valence electrons. The number of fused-ring (bicyclic) bond motifs is 1. The number of aliphatic hydroxyl groups is 1. The molecule has 0 fully saturated rings. The number of hydrogen-bond donors (Lipinski definition) is 5. The van der Waals surface area contributed by atoms with Crippen LogP contribution in [0, 0.1) is 5.92 Å². The van der Waals surface area contributed by atoms with Crippen molar-refractivity contribution >= 4 is 34.8 Å². The van der Waals surface area contributed by atoms with Crippen LogP contribution in [0.1, 0.15) is 30.4 Å². The third-order valence-corrected chi connectivity index (χ3v) is 7.27. The summed E-state index contributed by atoms with van der Waals surface area (Å²) in [4.78, 5) is 55.1. The molecule has 3 amide bonds. The van der Waals surface area contributed by atoms with Crippen molar-refractivity contribution in [3.8, 4) is 0 Å². The Kier molecular flexibility index (Phi) is 13.0. The van der Waals surface area contributed by atoms with Crippen molar-refractivity contribution in [3.63, 3.8) is 0 Å². The van der Waals surface area contributed by atoms with Crippen LogP contribution >= 0.6 is 0 Å². The van der Waals surface area contributed by atoms with Gasteiger partial charge in [-0.2, -0.15) is 0 Å². The Morgan fingerprint density at radius 3 is 2.60 bits per heavy atom. The molecule has 4 rings (SSSR count). The smallest absolute Gasteiger partial charge is 0.408 e. The molecule has 5 N–H and O–H groups in total. The van der Waals surface area contributed by atoms with Gasteiger partial charge in [-0.3, -0.25) is 9.59 Å². The molecule has 12 heteroatoms. The largest absolute Gasteiger partial charge is 0.462 e. The number of allylic oxidation sites excluding steroid dienone is 1. The van der Waals surface area contributed by atoms with E-state index in [1.165, 1.54) is 0 Å². The molecule has 0 unspecified atom stereocenters. The molecule has 2 heterocycles. The first kappa shape index (κ1) is 33.2. The van der Waals surface area contributed by atoms with Gasteiger partial charge < -0.3 is 40.3 Å². The number of H-pyrrole nitrogens is 1. The number of aromatic amines is 1. The van der Waals surface area contributed by atoms with Gasteiger partial charge in [0.05, 0.1) is 31.8 Å². The summed E-state index contributed by atoms with van der Waals surface area (Å²) in [5, 5.41) is 18.1. The SMILES string of the molecule is O=C(C[C@H]1CC=CC[C@@H](NC(=O)OCc2ccccc2)C(=O)OC[C@H](Cc2c[nH]c3ccccc23)NC1=O)NCCOCCO. The van der Waals surface area contributed by atoms with Crippen molar-refractivity contribution in [1.29, 1.82) is 0 Å². The average molecular weight is 621 g/mol. The van der Waals surface area contributed by atoms with Crippen LogP contribution in [0.25, 0.3) is 10.9 Å². The van der Waals surface area contributed by atoms with Gasteiger partial charge in [-0.15, -0.1) is 0 Å². The number of para-hydroxylation sites is 1. The average Bonchev–Trinajstić information content (AvgIpc) is 3.45. The number of ether oxygens (including phenoxy) is 3. The first-order valence-electron chi connectivity index (χ1n) is 15.0. The molecule has 3 aromatic rings. The highest BCUT2D eigenvalue weighted by Crippen LogP contribution is 2.20. The van der Waals surface area contributed by atoms with Crippen molar-refractivity contribution in [1.82, 2.24) is 20.9 Å². The molecule has 0 saturated carbocycles. The second-order valence-electron chi connectivity index (χ2n) is 10.7. The standard InChI is InChI=1S/C33H40N4O8/c38-15-17-43-16-14-34-30(39)19-24-10-4-6-13-29(37-33(42)45-21-23-8-2-1-3-9-23)32(41)44-22-26(36-31(24)40)18-25-20-35-28-12-7-5-11-27(25)28/h1-9,11-12,20,24,26,29,35,38H,10,13-19,21-22H2,(H,34,39)(H,36,40)(H,37,42)/t24-,26+,29-/m1/s1. The van der Waals surface area contributed by atoms with Gasteiger partial charge in [0, 0.05) is 30.1 Å². The summed E-state index contributed by atoms with van der Waals surface area (Å²) in [5.74, 6) is -2.01. The fourth-order valence-electron chi connectivity index (χ4n) is 4.94. The Morgan fingerprint density at radius 1 is 1.00 bits per heavy atom. The van der Waals surface area contributed by atoms with Gasteiger partial charge in [-0.1, -0.05) is 60.7 Å². The van der Waals surface area contributed by atoms with Crippen LogP contribution in [0.15, 0.2) is 72.9 Å². The third-order valence-electron chi connectivity index (χ3n) is 7.27. The lowest BCUT2D eigenvalue weighted by Gasteiger charge is -2.24.